The quantitative estimate of drug-likeness (QED) is 0.675. The second-order valence-corrected chi connectivity index (χ2v) is 4.28. The zero-order valence-electron chi connectivity index (χ0n) is 8.52. The van der Waals surface area contributed by atoms with Crippen molar-refractivity contribution in [2.75, 3.05) is 0 Å². The number of aliphatic hydroxyl groups excluding tert-OH is 1. The van der Waals surface area contributed by atoms with Crippen LogP contribution in [0, 0.1) is 0 Å². The molecular weight excluding hydrogens is 172 g/mol. The van der Waals surface area contributed by atoms with E-state index in [9.17, 15) is 5.11 Å². The van der Waals surface area contributed by atoms with Crippen LogP contribution in [0.3, 0.4) is 0 Å². The van der Waals surface area contributed by atoms with Gasteiger partial charge in [0.15, 0.2) is 0 Å². The summed E-state index contributed by atoms with van der Waals surface area (Å²) in [4.78, 5) is 0. The van der Waals surface area contributed by atoms with Crippen molar-refractivity contribution >= 4 is 0 Å². The summed E-state index contributed by atoms with van der Waals surface area (Å²) in [6.45, 7) is 0. The largest absolute Gasteiger partial charge is 0.393 e. The van der Waals surface area contributed by atoms with E-state index in [0.29, 0.717) is 5.92 Å². The molecule has 1 heteroatoms. The van der Waals surface area contributed by atoms with Crippen LogP contribution >= 0.6 is 0 Å². The molecule has 14 heavy (non-hydrogen) atoms. The molecule has 1 nitrogen and oxygen atoms in total. The maximum atomic E-state index is 9.72. The van der Waals surface area contributed by atoms with Gasteiger partial charge in [0.05, 0.1) is 6.10 Å². The van der Waals surface area contributed by atoms with Crippen LogP contribution in [0.1, 0.15) is 43.6 Å². The van der Waals surface area contributed by atoms with E-state index < -0.39 is 0 Å². The molecule has 0 unspecified atom stereocenters. The molecule has 0 spiro atoms. The monoisotopic (exact) mass is 190 g/mol. The van der Waals surface area contributed by atoms with Gasteiger partial charge in [-0.2, -0.15) is 0 Å². The highest BCUT2D eigenvalue weighted by molar-refractivity contribution is 5.19. The molecule has 0 bridgehead atoms. The van der Waals surface area contributed by atoms with Crippen molar-refractivity contribution in [2.24, 2.45) is 0 Å². The molecule has 0 heterocycles. The highest BCUT2D eigenvalue weighted by Crippen LogP contribution is 2.31. The minimum absolute atomic E-state index is 0.0808. The van der Waals surface area contributed by atoms with E-state index in [0.717, 1.165) is 12.8 Å². The van der Waals surface area contributed by atoms with E-state index in [2.05, 4.69) is 30.3 Å². The molecule has 0 saturated heterocycles. The zero-order chi connectivity index (χ0) is 9.80. The lowest BCUT2D eigenvalue weighted by Gasteiger charge is -2.16. The third-order valence-electron chi connectivity index (χ3n) is 3.17. The Balaban J connectivity index is 2.09. The first kappa shape index (κ1) is 9.72. The Kier molecular flexibility index (Phi) is 3.20. The molecule has 1 aromatic carbocycles. The number of aliphatic hydroxyl groups is 1. The first-order valence-corrected chi connectivity index (χ1v) is 5.59. The molecular formula is C13H18O. The van der Waals surface area contributed by atoms with Gasteiger partial charge in [-0.1, -0.05) is 43.2 Å². The van der Waals surface area contributed by atoms with E-state index >= 15 is 0 Å². The summed E-state index contributed by atoms with van der Waals surface area (Å²) in [7, 11) is 0. The minimum atomic E-state index is -0.0808. The fourth-order valence-electron chi connectivity index (χ4n) is 2.36. The number of hydrogen-bond donors (Lipinski definition) is 1. The third-order valence-corrected chi connectivity index (χ3v) is 3.17. The molecule has 1 saturated carbocycles. The minimum Gasteiger partial charge on any atom is -0.393 e. The van der Waals surface area contributed by atoms with Gasteiger partial charge < -0.3 is 5.11 Å². The predicted octanol–water partition coefficient (Wildman–Crippen LogP) is 3.10. The molecule has 1 N–H and O–H groups in total. The Hall–Kier alpha value is -0.820. The summed E-state index contributed by atoms with van der Waals surface area (Å²) in [5.74, 6) is 0.577. The first-order valence-electron chi connectivity index (χ1n) is 5.59. The van der Waals surface area contributed by atoms with Gasteiger partial charge in [0, 0.05) is 0 Å². The molecule has 0 aromatic heterocycles. The van der Waals surface area contributed by atoms with Crippen molar-refractivity contribution in [2.45, 2.75) is 44.1 Å². The second-order valence-electron chi connectivity index (χ2n) is 4.28. The maximum Gasteiger partial charge on any atom is 0.0546 e. The van der Waals surface area contributed by atoms with Crippen LogP contribution < -0.4 is 0 Å². The Bertz CT molecular complexity index is 268. The SMILES string of the molecule is O[C@H]1CCCC[C@@H](c2ccccc2)C1. The van der Waals surface area contributed by atoms with Crippen LogP contribution in [0.4, 0.5) is 0 Å². The topological polar surface area (TPSA) is 20.2 Å². The summed E-state index contributed by atoms with van der Waals surface area (Å²) < 4.78 is 0. The second kappa shape index (κ2) is 4.61. The molecule has 1 fully saturated rings. The van der Waals surface area contributed by atoms with Gasteiger partial charge in [-0.15, -0.1) is 0 Å². The zero-order valence-corrected chi connectivity index (χ0v) is 8.52. The molecule has 1 aliphatic carbocycles. The summed E-state index contributed by atoms with van der Waals surface area (Å²) in [5, 5.41) is 9.72. The van der Waals surface area contributed by atoms with Crippen molar-refractivity contribution in [1.82, 2.24) is 0 Å². The van der Waals surface area contributed by atoms with Crippen LogP contribution in [0.15, 0.2) is 30.3 Å². The van der Waals surface area contributed by atoms with Crippen LogP contribution in [0.25, 0.3) is 0 Å². The van der Waals surface area contributed by atoms with Crippen LogP contribution in [-0.4, -0.2) is 11.2 Å². The third kappa shape index (κ3) is 2.36. The highest BCUT2D eigenvalue weighted by Gasteiger charge is 2.19. The van der Waals surface area contributed by atoms with Gasteiger partial charge in [-0.25, -0.2) is 0 Å². The van der Waals surface area contributed by atoms with Crippen molar-refractivity contribution in [3.63, 3.8) is 0 Å². The van der Waals surface area contributed by atoms with Crippen LogP contribution in [0.2, 0.25) is 0 Å². The molecule has 2 atom stereocenters. The van der Waals surface area contributed by atoms with Crippen molar-refractivity contribution in [1.29, 1.82) is 0 Å². The predicted molar refractivity (Wildman–Crippen MR) is 58.3 cm³/mol. The lowest BCUT2D eigenvalue weighted by atomic mass is 9.91. The Labute approximate surface area is 85.8 Å². The normalized spacial score (nSPS) is 28.4. The molecule has 1 aliphatic rings. The van der Waals surface area contributed by atoms with Gasteiger partial charge in [-0.3, -0.25) is 0 Å². The maximum absolute atomic E-state index is 9.72. The summed E-state index contributed by atoms with van der Waals surface area (Å²) >= 11 is 0. The first-order chi connectivity index (χ1) is 6.86. The van der Waals surface area contributed by atoms with Gasteiger partial charge in [0.25, 0.3) is 0 Å². The molecule has 2 rings (SSSR count). The Morgan fingerprint density at radius 1 is 1.00 bits per heavy atom. The van der Waals surface area contributed by atoms with Crippen molar-refractivity contribution < 1.29 is 5.11 Å². The molecule has 1 aromatic rings. The van der Waals surface area contributed by atoms with Crippen LogP contribution in [-0.2, 0) is 0 Å². The lowest BCUT2D eigenvalue weighted by molar-refractivity contribution is 0.152. The standard InChI is InChI=1S/C13H18O/c14-13-9-5-4-8-12(10-13)11-6-2-1-3-7-11/h1-3,6-7,12-14H,4-5,8-10H2/t12-,13+/m1/s1. The summed E-state index contributed by atoms with van der Waals surface area (Å²) in [6.07, 6.45) is 5.54. The average Bonchev–Trinajstić information content (AvgIpc) is 2.44. The lowest BCUT2D eigenvalue weighted by Crippen LogP contribution is -2.09. The van der Waals surface area contributed by atoms with Crippen molar-refractivity contribution in [3.8, 4) is 0 Å². The van der Waals surface area contributed by atoms with E-state index in [1.807, 2.05) is 0 Å². The molecule has 0 radical (unpaired) electrons. The summed E-state index contributed by atoms with van der Waals surface area (Å²) in [5.41, 5.74) is 1.40. The Morgan fingerprint density at radius 2 is 1.71 bits per heavy atom. The van der Waals surface area contributed by atoms with Gasteiger partial charge in [-0.05, 0) is 30.7 Å². The van der Waals surface area contributed by atoms with E-state index in [1.54, 1.807) is 0 Å². The van der Waals surface area contributed by atoms with E-state index in [4.69, 9.17) is 0 Å². The summed E-state index contributed by atoms with van der Waals surface area (Å²) in [6, 6.07) is 10.6. The van der Waals surface area contributed by atoms with Gasteiger partial charge in [0.1, 0.15) is 0 Å². The molecule has 0 aliphatic heterocycles. The fraction of sp³-hybridized carbons (Fsp3) is 0.538. The van der Waals surface area contributed by atoms with Gasteiger partial charge >= 0.3 is 0 Å². The highest BCUT2D eigenvalue weighted by atomic mass is 16.3. The van der Waals surface area contributed by atoms with Crippen LogP contribution in [0.5, 0.6) is 0 Å². The number of rotatable bonds is 1. The smallest absolute Gasteiger partial charge is 0.0546 e. The van der Waals surface area contributed by atoms with E-state index in [-0.39, 0.29) is 6.10 Å². The van der Waals surface area contributed by atoms with E-state index in [1.165, 1.54) is 24.8 Å². The Morgan fingerprint density at radius 3 is 2.50 bits per heavy atom. The molecule has 76 valence electrons. The number of benzene rings is 1. The average molecular weight is 190 g/mol. The van der Waals surface area contributed by atoms with Crippen molar-refractivity contribution in [3.05, 3.63) is 35.9 Å². The van der Waals surface area contributed by atoms with Gasteiger partial charge in [0.2, 0.25) is 0 Å². The fourth-order valence-corrected chi connectivity index (χ4v) is 2.36. The number of hydrogen-bond acceptors (Lipinski definition) is 1. The molecule has 0 amide bonds.